The van der Waals surface area contributed by atoms with Gasteiger partial charge in [-0.25, -0.2) is 14.6 Å². The number of nitrogens with one attached hydrogen (secondary N) is 1. The second-order valence-corrected chi connectivity index (χ2v) is 5.06. The van der Waals surface area contributed by atoms with Crippen molar-refractivity contribution in [2.75, 3.05) is 7.05 Å². The Hall–Kier alpha value is -1.63. The number of amides is 2. The lowest BCUT2D eigenvalue weighted by molar-refractivity contribution is -0.141. The quantitative estimate of drug-likeness (QED) is 0.846. The molecule has 2 amide bonds. The van der Waals surface area contributed by atoms with Gasteiger partial charge in [0.2, 0.25) is 0 Å². The molecule has 0 aromatic carbocycles. The first-order valence-corrected chi connectivity index (χ1v) is 6.44. The van der Waals surface area contributed by atoms with Crippen LogP contribution in [0.1, 0.15) is 23.7 Å². The SMILES string of the molecule is CCc1cnc(CNC(=O)N(C)C(C)C(=O)O)s1. The van der Waals surface area contributed by atoms with Crippen molar-refractivity contribution in [3.8, 4) is 0 Å². The molecule has 1 aromatic heterocycles. The highest BCUT2D eigenvalue weighted by molar-refractivity contribution is 7.11. The van der Waals surface area contributed by atoms with Crippen molar-refractivity contribution in [1.29, 1.82) is 0 Å². The number of thiazole rings is 1. The molecule has 1 aromatic rings. The summed E-state index contributed by atoms with van der Waals surface area (Å²) in [5.41, 5.74) is 0. The number of carboxylic acids is 1. The summed E-state index contributed by atoms with van der Waals surface area (Å²) < 4.78 is 0. The van der Waals surface area contributed by atoms with Crippen LogP contribution in [0.25, 0.3) is 0 Å². The molecule has 0 saturated heterocycles. The minimum absolute atomic E-state index is 0.320. The Morgan fingerprint density at radius 3 is 2.78 bits per heavy atom. The van der Waals surface area contributed by atoms with Gasteiger partial charge in [0, 0.05) is 18.1 Å². The third-order valence-electron chi connectivity index (χ3n) is 2.60. The van der Waals surface area contributed by atoms with Gasteiger partial charge in [0.15, 0.2) is 0 Å². The fraction of sp³-hybridized carbons (Fsp3) is 0.545. The summed E-state index contributed by atoms with van der Waals surface area (Å²) in [5, 5.41) is 12.2. The molecule has 0 spiro atoms. The Morgan fingerprint density at radius 2 is 2.28 bits per heavy atom. The Bertz CT molecular complexity index is 433. The Kier molecular flexibility index (Phi) is 5.08. The van der Waals surface area contributed by atoms with Gasteiger partial charge in [-0.2, -0.15) is 0 Å². The third kappa shape index (κ3) is 3.69. The number of urea groups is 1. The number of aliphatic carboxylic acids is 1. The Labute approximate surface area is 110 Å². The molecule has 7 heteroatoms. The van der Waals surface area contributed by atoms with E-state index in [1.54, 1.807) is 17.5 Å². The van der Waals surface area contributed by atoms with Crippen LogP contribution in [0.2, 0.25) is 0 Å². The van der Waals surface area contributed by atoms with E-state index in [9.17, 15) is 9.59 Å². The molecule has 0 aliphatic heterocycles. The summed E-state index contributed by atoms with van der Waals surface area (Å²) in [6, 6.07) is -1.27. The molecular weight excluding hydrogens is 254 g/mol. The third-order valence-corrected chi connectivity index (χ3v) is 3.74. The molecule has 0 bridgehead atoms. The smallest absolute Gasteiger partial charge is 0.326 e. The van der Waals surface area contributed by atoms with Gasteiger partial charge >= 0.3 is 12.0 Å². The summed E-state index contributed by atoms with van der Waals surface area (Å²) in [7, 11) is 1.45. The van der Waals surface area contributed by atoms with E-state index in [2.05, 4.69) is 10.3 Å². The monoisotopic (exact) mass is 271 g/mol. The molecule has 0 aliphatic rings. The lowest BCUT2D eigenvalue weighted by Crippen LogP contribution is -2.45. The minimum Gasteiger partial charge on any atom is -0.480 e. The van der Waals surface area contributed by atoms with Gasteiger partial charge < -0.3 is 15.3 Å². The molecule has 0 fully saturated rings. The summed E-state index contributed by atoms with van der Waals surface area (Å²) in [6.45, 7) is 3.82. The number of rotatable bonds is 5. The second kappa shape index (κ2) is 6.34. The van der Waals surface area contributed by atoms with E-state index >= 15 is 0 Å². The van der Waals surface area contributed by atoms with Crippen molar-refractivity contribution in [2.24, 2.45) is 0 Å². The second-order valence-electron chi connectivity index (χ2n) is 3.86. The van der Waals surface area contributed by atoms with Crippen molar-refractivity contribution in [2.45, 2.75) is 32.9 Å². The lowest BCUT2D eigenvalue weighted by atomic mass is 10.3. The first-order valence-electron chi connectivity index (χ1n) is 5.62. The number of hydrogen-bond donors (Lipinski definition) is 2. The van der Waals surface area contributed by atoms with Crippen LogP contribution in [0.5, 0.6) is 0 Å². The van der Waals surface area contributed by atoms with E-state index in [1.165, 1.54) is 14.0 Å². The number of carbonyl (C=O) groups is 2. The average molecular weight is 271 g/mol. The number of aromatic nitrogens is 1. The summed E-state index contributed by atoms with van der Waals surface area (Å²) in [5.74, 6) is -1.03. The van der Waals surface area contributed by atoms with Gasteiger partial charge in [-0.3, -0.25) is 0 Å². The largest absolute Gasteiger partial charge is 0.480 e. The van der Waals surface area contributed by atoms with Crippen molar-refractivity contribution < 1.29 is 14.7 Å². The normalized spacial score (nSPS) is 11.9. The Balaban J connectivity index is 2.48. The van der Waals surface area contributed by atoms with Gasteiger partial charge in [-0.1, -0.05) is 6.92 Å². The van der Waals surface area contributed by atoms with E-state index in [1.807, 2.05) is 6.92 Å². The van der Waals surface area contributed by atoms with E-state index in [0.29, 0.717) is 6.54 Å². The van der Waals surface area contributed by atoms with E-state index in [-0.39, 0.29) is 0 Å². The topological polar surface area (TPSA) is 82.5 Å². The summed E-state index contributed by atoms with van der Waals surface area (Å²) in [6.07, 6.45) is 2.71. The van der Waals surface area contributed by atoms with Gasteiger partial charge in [-0.05, 0) is 13.3 Å². The number of nitrogens with zero attached hydrogens (tertiary/aromatic N) is 2. The molecule has 0 radical (unpaired) electrons. The molecule has 6 nitrogen and oxygen atoms in total. The predicted molar refractivity (Wildman–Crippen MR) is 68.6 cm³/mol. The van der Waals surface area contributed by atoms with Crippen LogP contribution < -0.4 is 5.32 Å². The zero-order chi connectivity index (χ0) is 13.7. The maximum Gasteiger partial charge on any atom is 0.326 e. The van der Waals surface area contributed by atoms with Crippen molar-refractivity contribution in [1.82, 2.24) is 15.2 Å². The number of carboxylic acid groups (broad SMARTS) is 1. The maximum atomic E-state index is 11.7. The van der Waals surface area contributed by atoms with Gasteiger partial charge in [0.25, 0.3) is 0 Å². The number of aryl methyl sites for hydroxylation is 1. The molecular formula is C11H17N3O3S. The fourth-order valence-corrected chi connectivity index (χ4v) is 2.01. The predicted octanol–water partition coefficient (Wildman–Crippen LogP) is 1.32. The molecule has 18 heavy (non-hydrogen) atoms. The molecule has 1 rings (SSSR count). The van der Waals surface area contributed by atoms with Crippen molar-refractivity contribution in [3.63, 3.8) is 0 Å². The first kappa shape index (κ1) is 14.4. The summed E-state index contributed by atoms with van der Waals surface area (Å²) >= 11 is 1.54. The Morgan fingerprint density at radius 1 is 1.61 bits per heavy atom. The molecule has 1 atom stereocenters. The highest BCUT2D eigenvalue weighted by Gasteiger charge is 2.21. The van der Waals surface area contributed by atoms with Crippen LogP contribution in [-0.4, -0.2) is 40.1 Å². The number of likely N-dealkylation sites (N-methyl/N-ethyl adjacent to an activating group) is 1. The molecule has 0 saturated carbocycles. The molecule has 1 heterocycles. The number of carbonyl (C=O) groups excluding carboxylic acids is 1. The van der Waals surface area contributed by atoms with Crippen LogP contribution in [0.15, 0.2) is 6.20 Å². The molecule has 0 aliphatic carbocycles. The minimum atomic E-state index is -1.03. The van der Waals surface area contributed by atoms with Gasteiger partial charge in [0.05, 0.1) is 6.54 Å². The van der Waals surface area contributed by atoms with Crippen molar-refractivity contribution >= 4 is 23.3 Å². The molecule has 1 unspecified atom stereocenters. The molecule has 2 N–H and O–H groups in total. The fourth-order valence-electron chi connectivity index (χ4n) is 1.21. The van der Waals surface area contributed by atoms with Crippen LogP contribution in [0.4, 0.5) is 4.79 Å². The standard InChI is InChI=1S/C11H17N3O3S/c1-4-8-5-12-9(18-8)6-13-11(17)14(3)7(2)10(15)16/h5,7H,4,6H2,1-3H3,(H,13,17)(H,15,16). The zero-order valence-electron chi connectivity index (χ0n) is 10.6. The van der Waals surface area contributed by atoms with Crippen LogP contribution in [0.3, 0.4) is 0 Å². The molecule has 100 valence electrons. The lowest BCUT2D eigenvalue weighted by Gasteiger charge is -2.21. The highest BCUT2D eigenvalue weighted by atomic mass is 32.1. The van der Waals surface area contributed by atoms with E-state index in [4.69, 9.17) is 5.11 Å². The first-order chi connectivity index (χ1) is 8.45. The van der Waals surface area contributed by atoms with Crippen LogP contribution in [0, 0.1) is 0 Å². The highest BCUT2D eigenvalue weighted by Crippen LogP contribution is 2.12. The average Bonchev–Trinajstić information content (AvgIpc) is 2.81. The number of hydrogen-bond acceptors (Lipinski definition) is 4. The zero-order valence-corrected chi connectivity index (χ0v) is 11.5. The van der Waals surface area contributed by atoms with Gasteiger partial charge in [0.1, 0.15) is 11.0 Å². The van der Waals surface area contributed by atoms with Gasteiger partial charge in [-0.15, -0.1) is 11.3 Å². The van der Waals surface area contributed by atoms with E-state index in [0.717, 1.165) is 21.2 Å². The maximum absolute atomic E-state index is 11.7. The summed E-state index contributed by atoms with van der Waals surface area (Å²) in [4.78, 5) is 28.9. The van der Waals surface area contributed by atoms with Crippen LogP contribution >= 0.6 is 11.3 Å². The van der Waals surface area contributed by atoms with E-state index < -0.39 is 18.0 Å². The van der Waals surface area contributed by atoms with Crippen molar-refractivity contribution in [3.05, 3.63) is 16.1 Å². The van der Waals surface area contributed by atoms with Crippen LogP contribution in [-0.2, 0) is 17.8 Å².